The average Bonchev–Trinajstić information content (AvgIpc) is 3.13. The summed E-state index contributed by atoms with van der Waals surface area (Å²) in [6.45, 7) is 1.68. The van der Waals surface area contributed by atoms with Gasteiger partial charge in [-0.1, -0.05) is 12.1 Å². The van der Waals surface area contributed by atoms with Crippen molar-refractivity contribution in [2.24, 2.45) is 0 Å². The quantitative estimate of drug-likeness (QED) is 0.758. The van der Waals surface area contributed by atoms with Crippen molar-refractivity contribution < 1.29 is 9.53 Å². The summed E-state index contributed by atoms with van der Waals surface area (Å²) in [6.07, 6.45) is 3.18. The molecule has 4 rings (SSSR count). The van der Waals surface area contributed by atoms with Crippen molar-refractivity contribution >= 4 is 22.9 Å². The number of rotatable bonds is 3. The Hall–Kier alpha value is -3.09. The lowest BCUT2D eigenvalue weighted by Gasteiger charge is -2.32. The highest BCUT2D eigenvalue weighted by atomic mass is 16.5. The number of pyridine rings is 1. The lowest BCUT2D eigenvalue weighted by atomic mass is 10.1. The monoisotopic (exact) mass is 351 g/mol. The number of amides is 1. The molecule has 1 amide bonds. The van der Waals surface area contributed by atoms with E-state index in [0.29, 0.717) is 0 Å². The molecule has 3 aromatic rings. The van der Waals surface area contributed by atoms with Gasteiger partial charge >= 0.3 is 6.09 Å². The zero-order valence-corrected chi connectivity index (χ0v) is 14.6. The number of nitrogens with one attached hydrogen (secondary N) is 2. The van der Waals surface area contributed by atoms with Crippen LogP contribution in [0, 0.1) is 0 Å². The Balaban J connectivity index is 1.49. The van der Waals surface area contributed by atoms with Gasteiger partial charge in [0.25, 0.3) is 0 Å². The van der Waals surface area contributed by atoms with E-state index in [2.05, 4.69) is 36.0 Å². The molecular weight excluding hydrogens is 330 g/mol. The van der Waals surface area contributed by atoms with Gasteiger partial charge in [-0.3, -0.25) is 0 Å². The minimum absolute atomic E-state index is 0.150. The number of aromatic nitrogens is 3. The maximum absolute atomic E-state index is 11.3. The minimum atomic E-state index is -0.367. The fourth-order valence-electron chi connectivity index (χ4n) is 3.31. The second kappa shape index (κ2) is 7.03. The molecule has 0 bridgehead atoms. The van der Waals surface area contributed by atoms with E-state index in [9.17, 15) is 4.79 Å². The molecular formula is C19H21N5O2. The fourth-order valence-corrected chi connectivity index (χ4v) is 3.31. The van der Waals surface area contributed by atoms with Gasteiger partial charge in [-0.05, 0) is 37.1 Å². The highest BCUT2D eigenvalue weighted by Gasteiger charge is 2.22. The first-order valence-corrected chi connectivity index (χ1v) is 8.73. The van der Waals surface area contributed by atoms with Gasteiger partial charge in [0.1, 0.15) is 11.6 Å². The predicted molar refractivity (Wildman–Crippen MR) is 100 cm³/mol. The van der Waals surface area contributed by atoms with E-state index >= 15 is 0 Å². The van der Waals surface area contributed by atoms with Crippen LogP contribution in [0.2, 0.25) is 0 Å². The summed E-state index contributed by atoms with van der Waals surface area (Å²) in [5.41, 5.74) is 2.99. The third kappa shape index (κ3) is 3.33. The molecule has 0 aliphatic carbocycles. The number of hydrogen-bond donors (Lipinski definition) is 2. The van der Waals surface area contributed by atoms with Crippen LogP contribution in [0.5, 0.6) is 0 Å². The van der Waals surface area contributed by atoms with Crippen LogP contribution in [0.3, 0.4) is 0 Å². The number of alkyl carbamates (subject to hydrolysis) is 1. The molecule has 7 heteroatoms. The zero-order valence-electron chi connectivity index (χ0n) is 14.6. The Morgan fingerprint density at radius 3 is 2.85 bits per heavy atom. The fraction of sp³-hybridized carbons (Fsp3) is 0.316. The third-order valence-corrected chi connectivity index (χ3v) is 4.73. The number of nitrogens with zero attached hydrogens (tertiary/aromatic N) is 3. The number of carbonyl (C=O) groups is 1. The van der Waals surface area contributed by atoms with Gasteiger partial charge in [0.05, 0.1) is 18.1 Å². The number of aromatic amines is 1. The Kier molecular flexibility index (Phi) is 4.43. The number of H-pyrrole nitrogens is 1. The maximum atomic E-state index is 11.3. The van der Waals surface area contributed by atoms with Gasteiger partial charge in [0, 0.05) is 30.9 Å². The average molecular weight is 351 g/mol. The number of methoxy groups -OCH3 is 1. The van der Waals surface area contributed by atoms with Crippen LogP contribution in [0.4, 0.5) is 10.6 Å². The second-order valence-corrected chi connectivity index (χ2v) is 6.40. The van der Waals surface area contributed by atoms with Crippen LogP contribution < -0.4 is 10.2 Å². The number of ether oxygens (including phenoxy) is 1. The highest BCUT2D eigenvalue weighted by Crippen LogP contribution is 2.25. The third-order valence-electron chi connectivity index (χ3n) is 4.73. The molecule has 0 atom stereocenters. The van der Waals surface area contributed by atoms with Crippen molar-refractivity contribution in [2.45, 2.75) is 18.9 Å². The summed E-state index contributed by atoms with van der Waals surface area (Å²) >= 11 is 0. The highest BCUT2D eigenvalue weighted by molar-refractivity contribution is 5.79. The van der Waals surface area contributed by atoms with Crippen LogP contribution >= 0.6 is 0 Å². The molecule has 134 valence electrons. The number of carbonyl (C=O) groups excluding carboxylic acids is 1. The molecule has 2 aromatic heterocycles. The molecule has 0 unspecified atom stereocenters. The first-order chi connectivity index (χ1) is 12.7. The van der Waals surface area contributed by atoms with Gasteiger partial charge in [-0.15, -0.1) is 0 Å². The summed E-state index contributed by atoms with van der Waals surface area (Å²) in [5.74, 6) is 1.77. The van der Waals surface area contributed by atoms with Crippen molar-refractivity contribution in [3.8, 4) is 11.4 Å². The molecule has 0 saturated carbocycles. The van der Waals surface area contributed by atoms with E-state index in [1.807, 2.05) is 36.5 Å². The van der Waals surface area contributed by atoms with E-state index in [1.54, 1.807) is 0 Å². The Bertz CT molecular complexity index is 882. The largest absolute Gasteiger partial charge is 0.453 e. The lowest BCUT2D eigenvalue weighted by molar-refractivity contribution is 0.164. The summed E-state index contributed by atoms with van der Waals surface area (Å²) in [4.78, 5) is 26.1. The summed E-state index contributed by atoms with van der Waals surface area (Å²) in [7, 11) is 1.39. The Morgan fingerprint density at radius 1 is 1.27 bits per heavy atom. The van der Waals surface area contributed by atoms with Crippen molar-refractivity contribution in [2.75, 3.05) is 25.1 Å². The summed E-state index contributed by atoms with van der Waals surface area (Å²) < 4.78 is 4.67. The van der Waals surface area contributed by atoms with E-state index in [1.165, 1.54) is 7.11 Å². The van der Waals surface area contributed by atoms with Crippen LogP contribution in [0.25, 0.3) is 22.4 Å². The van der Waals surface area contributed by atoms with Gasteiger partial charge in [-0.2, -0.15) is 0 Å². The predicted octanol–water partition coefficient (Wildman–Crippen LogP) is 2.95. The van der Waals surface area contributed by atoms with Crippen molar-refractivity contribution in [3.05, 3.63) is 42.6 Å². The number of imidazole rings is 1. The minimum Gasteiger partial charge on any atom is -0.453 e. The number of hydrogen-bond acceptors (Lipinski definition) is 5. The van der Waals surface area contributed by atoms with E-state index < -0.39 is 0 Å². The van der Waals surface area contributed by atoms with E-state index in [4.69, 9.17) is 0 Å². The molecule has 1 aliphatic rings. The Labute approximate surface area is 151 Å². The van der Waals surface area contributed by atoms with Crippen LogP contribution in [0.15, 0.2) is 42.6 Å². The molecule has 3 heterocycles. The topological polar surface area (TPSA) is 83.1 Å². The van der Waals surface area contributed by atoms with Crippen molar-refractivity contribution in [3.63, 3.8) is 0 Å². The molecule has 26 heavy (non-hydrogen) atoms. The number of piperidine rings is 1. The molecule has 0 radical (unpaired) electrons. The molecule has 1 fully saturated rings. The molecule has 0 spiro atoms. The number of fused-ring (bicyclic) bond motifs is 1. The smallest absolute Gasteiger partial charge is 0.407 e. The van der Waals surface area contributed by atoms with Crippen molar-refractivity contribution in [1.29, 1.82) is 0 Å². The first-order valence-electron chi connectivity index (χ1n) is 8.73. The van der Waals surface area contributed by atoms with Gasteiger partial charge < -0.3 is 19.9 Å². The normalized spacial score (nSPS) is 15.2. The maximum Gasteiger partial charge on any atom is 0.407 e. The second-order valence-electron chi connectivity index (χ2n) is 6.40. The van der Waals surface area contributed by atoms with Gasteiger partial charge in [0.2, 0.25) is 0 Å². The summed E-state index contributed by atoms with van der Waals surface area (Å²) in [6, 6.07) is 12.2. The molecule has 2 N–H and O–H groups in total. The van der Waals surface area contributed by atoms with Crippen LogP contribution in [-0.2, 0) is 4.74 Å². The Morgan fingerprint density at radius 2 is 2.08 bits per heavy atom. The van der Waals surface area contributed by atoms with Gasteiger partial charge in [-0.25, -0.2) is 14.8 Å². The number of benzene rings is 1. The SMILES string of the molecule is COC(=O)NC1CCN(c2cc(-c3nc4ccccc4[nH]3)ccn2)CC1. The van der Waals surface area contributed by atoms with E-state index in [0.717, 1.165) is 54.2 Å². The number of anilines is 1. The first kappa shape index (κ1) is 16.4. The van der Waals surface area contributed by atoms with Crippen LogP contribution in [-0.4, -0.2) is 47.3 Å². The molecule has 1 aliphatic heterocycles. The summed E-state index contributed by atoms with van der Waals surface area (Å²) in [5, 5.41) is 2.87. The molecule has 7 nitrogen and oxygen atoms in total. The number of para-hydroxylation sites is 2. The lowest BCUT2D eigenvalue weighted by Crippen LogP contribution is -2.44. The molecule has 1 aromatic carbocycles. The standard InChI is InChI=1S/C19H21N5O2/c1-26-19(25)21-14-7-10-24(11-8-14)17-12-13(6-9-20-17)18-22-15-4-2-3-5-16(15)23-18/h2-6,9,12,14H,7-8,10-11H2,1H3,(H,21,25)(H,22,23). The molecule has 1 saturated heterocycles. The van der Waals surface area contributed by atoms with Crippen LogP contribution in [0.1, 0.15) is 12.8 Å². The van der Waals surface area contributed by atoms with Gasteiger partial charge in [0.15, 0.2) is 0 Å². The van der Waals surface area contributed by atoms with E-state index in [-0.39, 0.29) is 12.1 Å². The zero-order chi connectivity index (χ0) is 17.9. The van der Waals surface area contributed by atoms with Crippen molar-refractivity contribution in [1.82, 2.24) is 20.3 Å².